The van der Waals surface area contributed by atoms with E-state index in [1.165, 1.54) is 28.2 Å². The Bertz CT molecular complexity index is 1220. The first-order chi connectivity index (χ1) is 14.1. The van der Waals surface area contributed by atoms with Crippen LogP contribution in [0.2, 0.25) is 0 Å². The molecule has 8 heteroatoms. The molecule has 0 aliphatic heterocycles. The number of aromatic amines is 1. The van der Waals surface area contributed by atoms with E-state index in [4.69, 9.17) is 0 Å². The van der Waals surface area contributed by atoms with Gasteiger partial charge < -0.3 is 5.32 Å². The predicted octanol–water partition coefficient (Wildman–Crippen LogP) is 3.64. The molecule has 1 amide bonds. The molecular formula is C21H17N5O2S. The number of hydrogen-bond acceptors (Lipinski definition) is 5. The summed E-state index contributed by atoms with van der Waals surface area (Å²) in [7, 11) is 0. The second-order valence-corrected chi connectivity index (χ2v) is 7.20. The molecule has 4 aromatic rings. The fourth-order valence-corrected chi connectivity index (χ4v) is 3.43. The Morgan fingerprint density at radius 1 is 1.17 bits per heavy atom. The summed E-state index contributed by atoms with van der Waals surface area (Å²) in [5.74, 6) is 0.327. The topological polar surface area (TPSA) is 92.7 Å². The van der Waals surface area contributed by atoms with Crippen molar-refractivity contribution in [3.8, 4) is 16.5 Å². The molecule has 144 valence electrons. The first kappa shape index (κ1) is 18.6. The highest BCUT2D eigenvalue weighted by molar-refractivity contribution is 7.13. The maximum atomic E-state index is 12.5. The van der Waals surface area contributed by atoms with E-state index in [1.807, 2.05) is 47.8 Å². The first-order valence-corrected chi connectivity index (χ1v) is 9.73. The highest BCUT2D eigenvalue weighted by Gasteiger charge is 2.15. The predicted molar refractivity (Wildman–Crippen MR) is 114 cm³/mol. The highest BCUT2D eigenvalue weighted by Crippen LogP contribution is 2.27. The first-order valence-electron chi connectivity index (χ1n) is 8.85. The van der Waals surface area contributed by atoms with Crippen LogP contribution in [0, 0.1) is 6.92 Å². The van der Waals surface area contributed by atoms with Gasteiger partial charge >= 0.3 is 0 Å². The molecule has 0 bridgehead atoms. The summed E-state index contributed by atoms with van der Waals surface area (Å²) >= 11 is 1.53. The standard InChI is InChI=1S/C21H17N5O2S/c1-14-12-20(28)24-21(22-14)26-18(13-16(25-26)17-8-5-11-29-17)23-19(27)10-9-15-6-3-2-4-7-15/h2-13H,1H3,(H,23,27)(H,22,24,28). The van der Waals surface area contributed by atoms with Crippen LogP contribution < -0.4 is 10.9 Å². The van der Waals surface area contributed by atoms with E-state index >= 15 is 0 Å². The van der Waals surface area contributed by atoms with Gasteiger partial charge in [-0.15, -0.1) is 11.3 Å². The maximum Gasteiger partial charge on any atom is 0.252 e. The van der Waals surface area contributed by atoms with Gasteiger partial charge in [-0.3, -0.25) is 14.6 Å². The van der Waals surface area contributed by atoms with Crippen molar-refractivity contribution >= 4 is 29.1 Å². The molecule has 0 unspecified atom stereocenters. The van der Waals surface area contributed by atoms with Crippen molar-refractivity contribution in [3.63, 3.8) is 0 Å². The largest absolute Gasteiger partial charge is 0.307 e. The zero-order valence-electron chi connectivity index (χ0n) is 15.5. The Morgan fingerprint density at radius 3 is 2.72 bits per heavy atom. The Kier molecular flexibility index (Phi) is 5.17. The van der Waals surface area contributed by atoms with Crippen molar-refractivity contribution in [1.82, 2.24) is 19.7 Å². The normalized spacial score (nSPS) is 11.1. The van der Waals surface area contributed by atoms with Crippen LogP contribution in [0.15, 0.2) is 70.8 Å². The molecule has 3 heterocycles. The molecule has 0 atom stereocenters. The van der Waals surface area contributed by atoms with Crippen molar-refractivity contribution in [2.45, 2.75) is 6.92 Å². The number of hydrogen-bond donors (Lipinski definition) is 2. The van der Waals surface area contributed by atoms with E-state index in [1.54, 1.807) is 19.1 Å². The number of aryl methyl sites for hydroxylation is 1. The van der Waals surface area contributed by atoms with Crippen LogP contribution >= 0.6 is 11.3 Å². The summed E-state index contributed by atoms with van der Waals surface area (Å²) in [5, 5.41) is 9.30. The number of rotatable bonds is 5. The third kappa shape index (κ3) is 4.39. The number of carbonyl (C=O) groups is 1. The average Bonchev–Trinajstić information content (AvgIpc) is 3.36. The summed E-state index contributed by atoms with van der Waals surface area (Å²) in [6, 6.07) is 16.5. The van der Waals surface area contributed by atoms with Gasteiger partial charge in [-0.1, -0.05) is 36.4 Å². The van der Waals surface area contributed by atoms with Crippen LogP contribution in [0.4, 0.5) is 5.82 Å². The second-order valence-electron chi connectivity index (χ2n) is 6.25. The zero-order valence-corrected chi connectivity index (χ0v) is 16.3. The summed E-state index contributed by atoms with van der Waals surface area (Å²) in [6.45, 7) is 1.73. The Morgan fingerprint density at radius 2 is 2.00 bits per heavy atom. The molecule has 0 aliphatic rings. The summed E-state index contributed by atoms with van der Waals surface area (Å²) in [4.78, 5) is 32.3. The quantitative estimate of drug-likeness (QED) is 0.498. The molecular weight excluding hydrogens is 386 g/mol. The highest BCUT2D eigenvalue weighted by atomic mass is 32.1. The van der Waals surface area contributed by atoms with Gasteiger partial charge in [-0.05, 0) is 30.0 Å². The van der Waals surface area contributed by atoms with Crippen molar-refractivity contribution in [3.05, 3.63) is 87.7 Å². The van der Waals surface area contributed by atoms with Crippen LogP contribution in [0.3, 0.4) is 0 Å². The van der Waals surface area contributed by atoms with Gasteiger partial charge in [-0.25, -0.2) is 4.98 Å². The third-order valence-corrected chi connectivity index (χ3v) is 4.91. The number of anilines is 1. The summed E-state index contributed by atoms with van der Waals surface area (Å²) in [6.07, 6.45) is 3.17. The van der Waals surface area contributed by atoms with Gasteiger partial charge in [0.1, 0.15) is 11.5 Å². The smallest absolute Gasteiger partial charge is 0.252 e. The fraction of sp³-hybridized carbons (Fsp3) is 0.0476. The van der Waals surface area contributed by atoms with Gasteiger partial charge in [0.05, 0.1) is 4.88 Å². The number of carbonyl (C=O) groups excluding carboxylic acids is 1. The van der Waals surface area contributed by atoms with E-state index in [2.05, 4.69) is 20.4 Å². The minimum absolute atomic E-state index is 0.236. The molecule has 2 N–H and O–H groups in total. The monoisotopic (exact) mass is 403 g/mol. The summed E-state index contributed by atoms with van der Waals surface area (Å²) in [5.41, 5.74) is 1.85. The molecule has 3 aromatic heterocycles. The Hall–Kier alpha value is -3.78. The lowest BCUT2D eigenvalue weighted by Crippen LogP contribution is -2.17. The fourth-order valence-electron chi connectivity index (χ4n) is 2.74. The molecule has 1 aromatic carbocycles. The molecule has 0 fully saturated rings. The van der Waals surface area contributed by atoms with E-state index in [-0.39, 0.29) is 17.4 Å². The van der Waals surface area contributed by atoms with E-state index in [0.29, 0.717) is 17.2 Å². The van der Waals surface area contributed by atoms with Gasteiger partial charge in [0, 0.05) is 23.9 Å². The number of amides is 1. The molecule has 0 spiro atoms. The number of benzene rings is 1. The lowest BCUT2D eigenvalue weighted by atomic mass is 10.2. The van der Waals surface area contributed by atoms with Gasteiger partial charge in [0.2, 0.25) is 11.9 Å². The molecule has 0 saturated carbocycles. The second kappa shape index (κ2) is 8.07. The maximum absolute atomic E-state index is 12.5. The lowest BCUT2D eigenvalue weighted by molar-refractivity contribution is -0.111. The van der Waals surface area contributed by atoms with Crippen LogP contribution in [0.5, 0.6) is 0 Å². The van der Waals surface area contributed by atoms with Gasteiger partial charge in [-0.2, -0.15) is 9.78 Å². The Labute approximate surface area is 170 Å². The number of aromatic nitrogens is 4. The minimum atomic E-state index is -0.317. The van der Waals surface area contributed by atoms with E-state index < -0.39 is 0 Å². The molecule has 7 nitrogen and oxygen atoms in total. The van der Waals surface area contributed by atoms with Crippen LogP contribution in [0.1, 0.15) is 11.3 Å². The number of thiophene rings is 1. The molecule has 0 radical (unpaired) electrons. The van der Waals surface area contributed by atoms with Crippen molar-refractivity contribution in [1.29, 1.82) is 0 Å². The van der Waals surface area contributed by atoms with Crippen molar-refractivity contribution < 1.29 is 4.79 Å². The van der Waals surface area contributed by atoms with Crippen molar-refractivity contribution in [2.24, 2.45) is 0 Å². The van der Waals surface area contributed by atoms with E-state index in [0.717, 1.165) is 10.4 Å². The number of nitrogens with one attached hydrogen (secondary N) is 2. The van der Waals surface area contributed by atoms with Crippen molar-refractivity contribution in [2.75, 3.05) is 5.32 Å². The molecule has 4 rings (SSSR count). The zero-order chi connectivity index (χ0) is 20.2. The number of H-pyrrole nitrogens is 1. The molecule has 0 saturated heterocycles. The SMILES string of the molecule is Cc1cc(=O)[nH]c(-n2nc(-c3cccs3)cc2NC(=O)C=Cc2ccccc2)n1. The number of nitrogens with zero attached hydrogens (tertiary/aromatic N) is 3. The molecule has 29 heavy (non-hydrogen) atoms. The van der Waals surface area contributed by atoms with Gasteiger partial charge in [0.15, 0.2) is 0 Å². The van der Waals surface area contributed by atoms with Crippen LogP contribution in [0.25, 0.3) is 22.6 Å². The van der Waals surface area contributed by atoms with Gasteiger partial charge in [0.25, 0.3) is 5.56 Å². The minimum Gasteiger partial charge on any atom is -0.307 e. The average molecular weight is 403 g/mol. The Balaban J connectivity index is 1.68. The lowest BCUT2D eigenvalue weighted by Gasteiger charge is -2.06. The van der Waals surface area contributed by atoms with Crippen LogP contribution in [-0.2, 0) is 4.79 Å². The third-order valence-electron chi connectivity index (χ3n) is 4.02. The van der Waals surface area contributed by atoms with Crippen LogP contribution in [-0.4, -0.2) is 25.7 Å². The summed E-state index contributed by atoms with van der Waals surface area (Å²) < 4.78 is 1.43. The molecule has 0 aliphatic carbocycles. The van der Waals surface area contributed by atoms with E-state index in [9.17, 15) is 9.59 Å².